The lowest BCUT2D eigenvalue weighted by Crippen LogP contribution is -2.38. The van der Waals surface area contributed by atoms with Crippen LogP contribution in [0.5, 0.6) is 5.75 Å². The van der Waals surface area contributed by atoms with E-state index < -0.39 is 12.4 Å². The van der Waals surface area contributed by atoms with Gasteiger partial charge >= 0.3 is 6.61 Å². The van der Waals surface area contributed by atoms with E-state index in [2.05, 4.69) is 20.4 Å². The number of nitrogens with zero attached hydrogens (tertiary/aromatic N) is 1. The van der Waals surface area contributed by atoms with Gasteiger partial charge in [-0.3, -0.25) is 0 Å². The summed E-state index contributed by atoms with van der Waals surface area (Å²) in [4.78, 5) is 4.22. The molecular formula is C14H18F3N3O. The van der Waals surface area contributed by atoms with Gasteiger partial charge in [0.15, 0.2) is 5.96 Å². The molecule has 2 rings (SSSR count). The van der Waals surface area contributed by atoms with E-state index in [0.29, 0.717) is 18.5 Å². The topological polar surface area (TPSA) is 45.7 Å². The standard InChI is InChI=1S/C14H18F3N3O/c1-2-18-14(20-9-6-7-9)19-8-10-11(15)4-3-5-12(10)21-13(16)17/h3-5,9,13H,2,6-8H2,1H3,(H2,18,19,20). The van der Waals surface area contributed by atoms with E-state index in [0.717, 1.165) is 12.8 Å². The number of benzene rings is 1. The van der Waals surface area contributed by atoms with Crippen LogP contribution in [0.1, 0.15) is 25.3 Å². The fourth-order valence-corrected chi connectivity index (χ4v) is 1.80. The van der Waals surface area contributed by atoms with Crippen molar-refractivity contribution in [3.63, 3.8) is 0 Å². The molecule has 7 heteroatoms. The van der Waals surface area contributed by atoms with Crippen molar-refractivity contribution in [3.05, 3.63) is 29.6 Å². The minimum Gasteiger partial charge on any atom is -0.434 e. The van der Waals surface area contributed by atoms with Crippen LogP contribution in [0, 0.1) is 5.82 Å². The summed E-state index contributed by atoms with van der Waals surface area (Å²) in [5.74, 6) is -0.249. The van der Waals surface area contributed by atoms with Crippen LogP contribution in [0.25, 0.3) is 0 Å². The van der Waals surface area contributed by atoms with Gasteiger partial charge in [0.25, 0.3) is 0 Å². The fourth-order valence-electron chi connectivity index (χ4n) is 1.80. The SMILES string of the molecule is CCNC(=NCc1c(F)cccc1OC(F)F)NC1CC1. The molecule has 1 aliphatic rings. The second kappa shape index (κ2) is 7.19. The van der Waals surface area contributed by atoms with E-state index in [1.54, 1.807) is 0 Å². The van der Waals surface area contributed by atoms with Crippen molar-refractivity contribution in [2.45, 2.75) is 39.0 Å². The molecule has 4 nitrogen and oxygen atoms in total. The second-order valence-corrected chi connectivity index (χ2v) is 4.71. The first kappa shape index (κ1) is 15.5. The van der Waals surface area contributed by atoms with Gasteiger partial charge in [-0.25, -0.2) is 9.38 Å². The first-order valence-corrected chi connectivity index (χ1v) is 6.87. The van der Waals surface area contributed by atoms with Crippen molar-refractivity contribution in [3.8, 4) is 5.75 Å². The molecule has 0 saturated heterocycles. The Morgan fingerprint density at radius 2 is 2.19 bits per heavy atom. The van der Waals surface area contributed by atoms with Gasteiger partial charge in [-0.1, -0.05) is 6.07 Å². The summed E-state index contributed by atoms with van der Waals surface area (Å²) in [5.41, 5.74) is 0.0193. The van der Waals surface area contributed by atoms with Gasteiger partial charge in [-0.2, -0.15) is 8.78 Å². The van der Waals surface area contributed by atoms with E-state index in [-0.39, 0.29) is 17.9 Å². The molecule has 1 aliphatic carbocycles. The number of hydrogen-bond acceptors (Lipinski definition) is 2. The zero-order valence-electron chi connectivity index (χ0n) is 11.7. The monoisotopic (exact) mass is 301 g/mol. The number of hydrogen-bond donors (Lipinski definition) is 2. The lowest BCUT2D eigenvalue weighted by atomic mass is 10.2. The molecule has 0 aromatic heterocycles. The molecule has 116 valence electrons. The molecule has 0 unspecified atom stereocenters. The summed E-state index contributed by atoms with van der Waals surface area (Å²) in [7, 11) is 0. The highest BCUT2D eigenvalue weighted by atomic mass is 19.3. The first-order chi connectivity index (χ1) is 10.1. The third-order valence-corrected chi connectivity index (χ3v) is 2.95. The Balaban J connectivity index is 2.12. The van der Waals surface area contributed by atoms with Gasteiger partial charge in [0.05, 0.1) is 12.1 Å². The van der Waals surface area contributed by atoms with Crippen molar-refractivity contribution < 1.29 is 17.9 Å². The maximum Gasteiger partial charge on any atom is 0.387 e. The van der Waals surface area contributed by atoms with Crippen LogP contribution in [-0.2, 0) is 6.54 Å². The quantitative estimate of drug-likeness (QED) is 0.627. The molecule has 0 atom stereocenters. The van der Waals surface area contributed by atoms with E-state index in [4.69, 9.17) is 0 Å². The minimum absolute atomic E-state index is 0.0193. The Kier molecular flexibility index (Phi) is 5.30. The summed E-state index contributed by atoms with van der Waals surface area (Å²) in [6.45, 7) is -0.488. The van der Waals surface area contributed by atoms with E-state index in [1.165, 1.54) is 18.2 Å². The largest absolute Gasteiger partial charge is 0.434 e. The Bertz CT molecular complexity index is 504. The molecule has 0 amide bonds. The van der Waals surface area contributed by atoms with Crippen LogP contribution in [0.4, 0.5) is 13.2 Å². The highest BCUT2D eigenvalue weighted by Crippen LogP contribution is 2.24. The van der Waals surface area contributed by atoms with Gasteiger partial charge in [0, 0.05) is 12.6 Å². The summed E-state index contributed by atoms with van der Waals surface area (Å²) < 4.78 is 42.8. The molecule has 1 saturated carbocycles. The maximum atomic E-state index is 13.8. The molecule has 2 N–H and O–H groups in total. The average molecular weight is 301 g/mol. The normalized spacial score (nSPS) is 15.2. The second-order valence-electron chi connectivity index (χ2n) is 4.71. The van der Waals surface area contributed by atoms with Crippen molar-refractivity contribution >= 4 is 5.96 Å². The van der Waals surface area contributed by atoms with Crippen molar-refractivity contribution in [2.75, 3.05) is 6.54 Å². The zero-order valence-corrected chi connectivity index (χ0v) is 11.7. The smallest absolute Gasteiger partial charge is 0.387 e. The first-order valence-electron chi connectivity index (χ1n) is 6.87. The highest BCUT2D eigenvalue weighted by Gasteiger charge is 2.22. The third-order valence-electron chi connectivity index (χ3n) is 2.95. The van der Waals surface area contributed by atoms with Crippen molar-refractivity contribution in [2.24, 2.45) is 4.99 Å². The van der Waals surface area contributed by atoms with Crippen LogP contribution in [0.2, 0.25) is 0 Å². The van der Waals surface area contributed by atoms with Crippen LogP contribution in [-0.4, -0.2) is 25.2 Å². The molecule has 1 aromatic carbocycles. The van der Waals surface area contributed by atoms with Crippen molar-refractivity contribution in [1.82, 2.24) is 10.6 Å². The molecule has 21 heavy (non-hydrogen) atoms. The third kappa shape index (κ3) is 4.84. The summed E-state index contributed by atoms with van der Waals surface area (Å²) >= 11 is 0. The van der Waals surface area contributed by atoms with Gasteiger partial charge in [0.2, 0.25) is 0 Å². The summed E-state index contributed by atoms with van der Waals surface area (Å²) in [6.07, 6.45) is 2.15. The Labute approximate surface area is 121 Å². The molecule has 0 radical (unpaired) electrons. The predicted octanol–water partition coefficient (Wildman–Crippen LogP) is 2.64. The van der Waals surface area contributed by atoms with Gasteiger partial charge in [0.1, 0.15) is 11.6 Å². The van der Waals surface area contributed by atoms with E-state index >= 15 is 0 Å². The Morgan fingerprint density at radius 1 is 1.43 bits per heavy atom. The number of halogens is 3. The molecule has 1 fully saturated rings. The van der Waals surface area contributed by atoms with Crippen LogP contribution in [0.15, 0.2) is 23.2 Å². The van der Waals surface area contributed by atoms with Gasteiger partial charge in [-0.15, -0.1) is 0 Å². The van der Waals surface area contributed by atoms with E-state index in [9.17, 15) is 13.2 Å². The summed E-state index contributed by atoms with van der Waals surface area (Å²) in [6, 6.07) is 4.22. The van der Waals surface area contributed by atoms with Crippen LogP contribution in [0.3, 0.4) is 0 Å². The molecule has 0 bridgehead atoms. The molecule has 0 spiro atoms. The number of alkyl halides is 2. The van der Waals surface area contributed by atoms with Crippen molar-refractivity contribution in [1.29, 1.82) is 0 Å². The number of aliphatic imine (C=N–C) groups is 1. The fraction of sp³-hybridized carbons (Fsp3) is 0.500. The Morgan fingerprint density at radius 3 is 2.81 bits per heavy atom. The van der Waals surface area contributed by atoms with Crippen LogP contribution >= 0.6 is 0 Å². The number of ether oxygens (including phenoxy) is 1. The number of nitrogens with one attached hydrogen (secondary N) is 2. The molecule has 0 aliphatic heterocycles. The number of rotatable bonds is 6. The molecule has 1 aromatic rings. The summed E-state index contributed by atoms with van der Waals surface area (Å²) in [5, 5.41) is 6.20. The molecule has 0 heterocycles. The van der Waals surface area contributed by atoms with E-state index in [1.807, 2.05) is 6.92 Å². The minimum atomic E-state index is -2.99. The predicted molar refractivity (Wildman–Crippen MR) is 74.0 cm³/mol. The number of guanidine groups is 1. The zero-order chi connectivity index (χ0) is 15.2. The lowest BCUT2D eigenvalue weighted by Gasteiger charge is -2.12. The Hall–Kier alpha value is -1.92. The maximum absolute atomic E-state index is 13.8. The van der Waals surface area contributed by atoms with Crippen LogP contribution < -0.4 is 15.4 Å². The van der Waals surface area contributed by atoms with Gasteiger partial charge in [-0.05, 0) is 31.9 Å². The lowest BCUT2D eigenvalue weighted by molar-refractivity contribution is -0.0506. The molecular weight excluding hydrogens is 283 g/mol. The van der Waals surface area contributed by atoms with Gasteiger partial charge < -0.3 is 15.4 Å². The average Bonchev–Trinajstić information content (AvgIpc) is 3.21. The highest BCUT2D eigenvalue weighted by molar-refractivity contribution is 5.80.